The quantitative estimate of drug-likeness (QED) is 0.620. The number of rotatable bonds is 7. The molecule has 2 aromatic carbocycles. The van der Waals surface area contributed by atoms with Gasteiger partial charge in [0.1, 0.15) is 5.82 Å². The molecule has 144 valence electrons. The standard InChI is InChI=1S/C21H20FN3O3/c1-2-27-18-8-3-4-9-19(18)28-20-11-10-15(13-23-20)14-24-21(26)25-17-7-5-6-16(22)12-17/h3-13H,2,14H2,1H3,(H2,24,25,26). The van der Waals surface area contributed by atoms with E-state index in [1.165, 1.54) is 18.2 Å². The number of para-hydroxylation sites is 2. The van der Waals surface area contributed by atoms with Crippen LogP contribution in [-0.4, -0.2) is 17.6 Å². The van der Waals surface area contributed by atoms with Crippen molar-refractivity contribution in [3.63, 3.8) is 0 Å². The molecule has 2 N–H and O–H groups in total. The van der Waals surface area contributed by atoms with Crippen LogP contribution in [0.5, 0.6) is 17.4 Å². The second kappa shape index (κ2) is 9.36. The average Bonchev–Trinajstić information content (AvgIpc) is 2.69. The van der Waals surface area contributed by atoms with Crippen molar-refractivity contribution in [1.29, 1.82) is 0 Å². The number of hydrogen-bond acceptors (Lipinski definition) is 4. The lowest BCUT2D eigenvalue weighted by atomic mass is 10.3. The molecule has 3 aromatic rings. The van der Waals surface area contributed by atoms with E-state index >= 15 is 0 Å². The molecule has 2 amide bonds. The lowest BCUT2D eigenvalue weighted by Gasteiger charge is -2.11. The number of benzene rings is 2. The van der Waals surface area contributed by atoms with Gasteiger partial charge in [0.05, 0.1) is 6.61 Å². The molecule has 0 atom stereocenters. The Hall–Kier alpha value is -3.61. The highest BCUT2D eigenvalue weighted by Crippen LogP contribution is 2.30. The van der Waals surface area contributed by atoms with Crippen LogP contribution in [0.25, 0.3) is 0 Å². The summed E-state index contributed by atoms with van der Waals surface area (Å²) in [6.07, 6.45) is 1.61. The SMILES string of the molecule is CCOc1ccccc1Oc1ccc(CNC(=O)Nc2cccc(F)c2)cn1. The second-order valence-electron chi connectivity index (χ2n) is 5.80. The minimum absolute atomic E-state index is 0.268. The minimum Gasteiger partial charge on any atom is -0.490 e. The Morgan fingerprint density at radius 1 is 1.07 bits per heavy atom. The van der Waals surface area contributed by atoms with Crippen molar-refractivity contribution in [2.45, 2.75) is 13.5 Å². The third-order valence-corrected chi connectivity index (χ3v) is 3.70. The van der Waals surface area contributed by atoms with Gasteiger partial charge in [-0.2, -0.15) is 0 Å². The summed E-state index contributed by atoms with van der Waals surface area (Å²) < 4.78 is 24.4. The maximum atomic E-state index is 13.1. The smallest absolute Gasteiger partial charge is 0.319 e. The number of pyridine rings is 1. The molecule has 28 heavy (non-hydrogen) atoms. The number of hydrogen-bond donors (Lipinski definition) is 2. The van der Waals surface area contributed by atoms with Crippen LogP contribution < -0.4 is 20.1 Å². The van der Waals surface area contributed by atoms with Gasteiger partial charge in [0.2, 0.25) is 5.88 Å². The molecule has 0 saturated carbocycles. The fourth-order valence-electron chi connectivity index (χ4n) is 2.42. The Balaban J connectivity index is 1.54. The van der Waals surface area contributed by atoms with Gasteiger partial charge >= 0.3 is 6.03 Å². The number of ether oxygens (including phenoxy) is 2. The molecular weight excluding hydrogens is 361 g/mol. The van der Waals surface area contributed by atoms with Crippen molar-refractivity contribution in [3.05, 3.63) is 78.2 Å². The lowest BCUT2D eigenvalue weighted by molar-refractivity contribution is 0.251. The van der Waals surface area contributed by atoms with Crippen LogP contribution in [0.4, 0.5) is 14.9 Å². The van der Waals surface area contributed by atoms with Crippen LogP contribution in [0.15, 0.2) is 66.9 Å². The molecule has 1 heterocycles. The number of nitrogens with one attached hydrogen (secondary N) is 2. The molecular formula is C21H20FN3O3. The van der Waals surface area contributed by atoms with Gasteiger partial charge in [-0.15, -0.1) is 0 Å². The van der Waals surface area contributed by atoms with E-state index in [9.17, 15) is 9.18 Å². The number of carbonyl (C=O) groups excluding carboxylic acids is 1. The van der Waals surface area contributed by atoms with Gasteiger partial charge in [-0.1, -0.05) is 24.3 Å². The molecule has 0 aliphatic rings. The number of nitrogens with zero attached hydrogens (tertiary/aromatic N) is 1. The third kappa shape index (κ3) is 5.44. The molecule has 0 fully saturated rings. The molecule has 0 aliphatic heterocycles. The molecule has 0 saturated heterocycles. The summed E-state index contributed by atoms with van der Waals surface area (Å²) in [6, 6.07) is 16.1. The van der Waals surface area contributed by atoms with Crippen LogP contribution in [0, 0.1) is 5.82 Å². The summed E-state index contributed by atoms with van der Waals surface area (Å²) in [5, 5.41) is 5.25. The first-order valence-electron chi connectivity index (χ1n) is 8.79. The highest BCUT2D eigenvalue weighted by atomic mass is 19.1. The van der Waals surface area contributed by atoms with Crippen molar-refractivity contribution >= 4 is 11.7 Å². The van der Waals surface area contributed by atoms with Gasteiger partial charge in [-0.25, -0.2) is 14.2 Å². The van der Waals surface area contributed by atoms with Crippen LogP contribution in [0.1, 0.15) is 12.5 Å². The summed E-state index contributed by atoms with van der Waals surface area (Å²) in [6.45, 7) is 2.71. The predicted octanol–water partition coefficient (Wildman–Crippen LogP) is 4.73. The molecule has 0 radical (unpaired) electrons. The molecule has 0 aliphatic carbocycles. The van der Waals surface area contributed by atoms with E-state index in [1.807, 2.05) is 25.1 Å². The number of halogens is 1. The highest BCUT2D eigenvalue weighted by molar-refractivity contribution is 5.89. The first-order chi connectivity index (χ1) is 13.6. The van der Waals surface area contributed by atoms with Gasteiger partial charge in [0.25, 0.3) is 0 Å². The Kier molecular flexibility index (Phi) is 6.41. The Morgan fingerprint density at radius 2 is 1.89 bits per heavy atom. The van der Waals surface area contributed by atoms with Crippen LogP contribution in [0.3, 0.4) is 0 Å². The number of amides is 2. The van der Waals surface area contributed by atoms with Crippen molar-refractivity contribution < 1.29 is 18.7 Å². The van der Waals surface area contributed by atoms with Gasteiger partial charge in [0, 0.05) is 24.5 Å². The Labute approximate surface area is 162 Å². The zero-order valence-corrected chi connectivity index (χ0v) is 15.3. The van der Waals surface area contributed by atoms with Crippen LogP contribution in [-0.2, 0) is 6.54 Å². The van der Waals surface area contributed by atoms with E-state index in [1.54, 1.807) is 30.5 Å². The van der Waals surface area contributed by atoms with E-state index in [0.29, 0.717) is 29.7 Å². The Morgan fingerprint density at radius 3 is 2.61 bits per heavy atom. The summed E-state index contributed by atoms with van der Waals surface area (Å²) in [5.74, 6) is 1.23. The summed E-state index contributed by atoms with van der Waals surface area (Å²) in [5.41, 5.74) is 1.17. The largest absolute Gasteiger partial charge is 0.490 e. The lowest BCUT2D eigenvalue weighted by Crippen LogP contribution is -2.28. The van der Waals surface area contributed by atoms with Crippen molar-refractivity contribution in [2.24, 2.45) is 0 Å². The molecule has 0 spiro atoms. The zero-order chi connectivity index (χ0) is 19.8. The van der Waals surface area contributed by atoms with Crippen LogP contribution in [0.2, 0.25) is 0 Å². The molecule has 0 bridgehead atoms. The number of aromatic nitrogens is 1. The third-order valence-electron chi connectivity index (χ3n) is 3.70. The highest BCUT2D eigenvalue weighted by Gasteiger charge is 2.07. The fourth-order valence-corrected chi connectivity index (χ4v) is 2.42. The molecule has 0 unspecified atom stereocenters. The Bertz CT molecular complexity index is 932. The topological polar surface area (TPSA) is 72.5 Å². The second-order valence-corrected chi connectivity index (χ2v) is 5.80. The molecule has 7 heteroatoms. The number of anilines is 1. The maximum Gasteiger partial charge on any atom is 0.319 e. The number of urea groups is 1. The number of carbonyl (C=O) groups is 1. The minimum atomic E-state index is -0.434. The maximum absolute atomic E-state index is 13.1. The fraction of sp³-hybridized carbons (Fsp3) is 0.143. The predicted molar refractivity (Wildman–Crippen MR) is 104 cm³/mol. The van der Waals surface area contributed by atoms with Crippen molar-refractivity contribution in [2.75, 3.05) is 11.9 Å². The first-order valence-corrected chi connectivity index (χ1v) is 8.79. The molecule has 6 nitrogen and oxygen atoms in total. The summed E-state index contributed by atoms with van der Waals surface area (Å²) in [7, 11) is 0. The van der Waals surface area contributed by atoms with Gasteiger partial charge in [-0.05, 0) is 42.8 Å². The van der Waals surface area contributed by atoms with E-state index in [0.717, 1.165) is 5.56 Å². The monoisotopic (exact) mass is 381 g/mol. The molecule has 3 rings (SSSR count). The van der Waals surface area contributed by atoms with Crippen molar-refractivity contribution in [3.8, 4) is 17.4 Å². The first kappa shape index (κ1) is 19.2. The summed E-state index contributed by atoms with van der Waals surface area (Å²) >= 11 is 0. The van der Waals surface area contributed by atoms with Crippen molar-refractivity contribution in [1.82, 2.24) is 10.3 Å². The molecule has 1 aromatic heterocycles. The van der Waals surface area contributed by atoms with E-state index in [-0.39, 0.29) is 6.54 Å². The van der Waals surface area contributed by atoms with Gasteiger partial charge in [0.15, 0.2) is 11.5 Å². The van der Waals surface area contributed by atoms with E-state index in [2.05, 4.69) is 15.6 Å². The average molecular weight is 381 g/mol. The zero-order valence-electron chi connectivity index (χ0n) is 15.3. The normalized spacial score (nSPS) is 10.2. The van der Waals surface area contributed by atoms with Crippen LogP contribution >= 0.6 is 0 Å². The van der Waals surface area contributed by atoms with Gasteiger partial charge in [-0.3, -0.25) is 0 Å². The summed E-state index contributed by atoms with van der Waals surface area (Å²) in [4.78, 5) is 16.2. The van der Waals surface area contributed by atoms with E-state index in [4.69, 9.17) is 9.47 Å². The van der Waals surface area contributed by atoms with E-state index < -0.39 is 11.8 Å². The van der Waals surface area contributed by atoms with Gasteiger partial charge < -0.3 is 20.1 Å².